The molecule has 30 heavy (non-hydrogen) atoms. The molecule has 0 unspecified atom stereocenters. The van der Waals surface area contributed by atoms with Crippen molar-refractivity contribution in [3.05, 3.63) is 106 Å². The highest BCUT2D eigenvalue weighted by Gasteiger charge is 2.15. The van der Waals surface area contributed by atoms with Gasteiger partial charge in [0.05, 0.1) is 16.1 Å². The molecule has 0 atom stereocenters. The number of rotatable bonds is 3. The van der Waals surface area contributed by atoms with Gasteiger partial charge in [0.2, 0.25) is 0 Å². The van der Waals surface area contributed by atoms with Crippen molar-refractivity contribution in [3.8, 4) is 22.4 Å². The minimum atomic E-state index is -0.370. The lowest BCUT2D eigenvalue weighted by molar-refractivity contribution is -0.384. The zero-order valence-electron chi connectivity index (χ0n) is 15.7. The highest BCUT2D eigenvalue weighted by molar-refractivity contribution is 6.30. The van der Waals surface area contributed by atoms with Crippen molar-refractivity contribution in [1.82, 2.24) is 4.98 Å². The fourth-order valence-corrected chi connectivity index (χ4v) is 3.92. The third-order valence-electron chi connectivity index (χ3n) is 5.21. The average molecular weight is 411 g/mol. The molecule has 5 aromatic rings. The maximum Gasteiger partial charge on any atom is 0.270 e. The molecule has 0 N–H and O–H groups in total. The number of fused-ring (bicyclic) bond motifs is 3. The SMILES string of the molecule is O=[N+]([O-])c1cccc(-c2cc(-c3ccc(Cl)cc3)nc3ccc4ccccc4c23)c1. The Bertz CT molecular complexity index is 1430. The molecule has 4 nitrogen and oxygen atoms in total. The van der Waals surface area contributed by atoms with Gasteiger partial charge in [0.15, 0.2) is 0 Å². The number of nitrogens with zero attached hydrogens (tertiary/aromatic N) is 2. The molecule has 0 aliphatic rings. The third kappa shape index (κ3) is 3.17. The van der Waals surface area contributed by atoms with E-state index in [1.807, 2.05) is 60.7 Å². The molecule has 0 amide bonds. The number of halogens is 1. The van der Waals surface area contributed by atoms with E-state index in [9.17, 15) is 10.1 Å². The zero-order chi connectivity index (χ0) is 20.7. The van der Waals surface area contributed by atoms with Crippen LogP contribution in [-0.4, -0.2) is 9.91 Å². The summed E-state index contributed by atoms with van der Waals surface area (Å²) in [5.41, 5.74) is 4.30. The fraction of sp³-hybridized carbons (Fsp3) is 0. The van der Waals surface area contributed by atoms with E-state index in [2.05, 4.69) is 12.1 Å². The molecule has 144 valence electrons. The van der Waals surface area contributed by atoms with Crippen molar-refractivity contribution in [2.24, 2.45) is 0 Å². The summed E-state index contributed by atoms with van der Waals surface area (Å²) >= 11 is 6.05. The van der Waals surface area contributed by atoms with Crippen molar-refractivity contribution in [2.75, 3.05) is 0 Å². The third-order valence-corrected chi connectivity index (χ3v) is 5.46. The maximum atomic E-state index is 11.4. The van der Waals surface area contributed by atoms with Crippen molar-refractivity contribution >= 4 is 39.0 Å². The van der Waals surface area contributed by atoms with Gasteiger partial charge in [-0.15, -0.1) is 0 Å². The lowest BCUT2D eigenvalue weighted by Gasteiger charge is -2.13. The predicted octanol–water partition coefficient (Wildman–Crippen LogP) is 7.28. The molecule has 0 radical (unpaired) electrons. The van der Waals surface area contributed by atoms with Gasteiger partial charge in [-0.2, -0.15) is 0 Å². The van der Waals surface area contributed by atoms with E-state index in [0.717, 1.165) is 44.1 Å². The lowest BCUT2D eigenvalue weighted by atomic mass is 9.94. The van der Waals surface area contributed by atoms with Crippen molar-refractivity contribution < 1.29 is 4.92 Å². The molecule has 0 aliphatic carbocycles. The second kappa shape index (κ2) is 7.25. The number of hydrogen-bond donors (Lipinski definition) is 0. The number of aromatic nitrogens is 1. The first kappa shape index (κ1) is 18.3. The van der Waals surface area contributed by atoms with Crippen LogP contribution in [0.25, 0.3) is 44.1 Å². The van der Waals surface area contributed by atoms with Gasteiger partial charge >= 0.3 is 0 Å². The van der Waals surface area contributed by atoms with Crippen molar-refractivity contribution in [2.45, 2.75) is 0 Å². The summed E-state index contributed by atoms with van der Waals surface area (Å²) in [5, 5.41) is 15.2. The highest BCUT2D eigenvalue weighted by atomic mass is 35.5. The quantitative estimate of drug-likeness (QED) is 0.178. The molecule has 1 heterocycles. The van der Waals surface area contributed by atoms with Crippen LogP contribution in [0, 0.1) is 10.1 Å². The van der Waals surface area contributed by atoms with Crippen LogP contribution >= 0.6 is 11.6 Å². The van der Waals surface area contributed by atoms with E-state index in [1.165, 1.54) is 6.07 Å². The van der Waals surface area contributed by atoms with Crippen LogP contribution in [0.2, 0.25) is 5.02 Å². The van der Waals surface area contributed by atoms with Crippen LogP contribution in [0.1, 0.15) is 0 Å². The molecule has 5 rings (SSSR count). The fourth-order valence-electron chi connectivity index (χ4n) is 3.79. The summed E-state index contributed by atoms with van der Waals surface area (Å²) in [6.07, 6.45) is 0. The van der Waals surface area contributed by atoms with Crippen LogP contribution < -0.4 is 0 Å². The predicted molar refractivity (Wildman–Crippen MR) is 122 cm³/mol. The Kier molecular flexibility index (Phi) is 4.42. The lowest BCUT2D eigenvalue weighted by Crippen LogP contribution is -1.93. The van der Waals surface area contributed by atoms with Gasteiger partial charge in [-0.1, -0.05) is 66.2 Å². The first-order chi connectivity index (χ1) is 14.6. The van der Waals surface area contributed by atoms with Gasteiger partial charge in [-0.3, -0.25) is 10.1 Å². The van der Waals surface area contributed by atoms with Crippen LogP contribution in [0.3, 0.4) is 0 Å². The summed E-state index contributed by atoms with van der Waals surface area (Å²) in [6, 6.07) is 28.4. The van der Waals surface area contributed by atoms with E-state index < -0.39 is 0 Å². The minimum Gasteiger partial charge on any atom is -0.258 e. The average Bonchev–Trinajstić information content (AvgIpc) is 2.78. The number of non-ortho nitro benzene ring substituents is 1. The Morgan fingerprint density at radius 1 is 0.800 bits per heavy atom. The van der Waals surface area contributed by atoms with Crippen LogP contribution in [0.4, 0.5) is 5.69 Å². The molecule has 0 bridgehead atoms. The topological polar surface area (TPSA) is 56.0 Å². The number of hydrogen-bond acceptors (Lipinski definition) is 3. The number of nitro groups is 1. The van der Waals surface area contributed by atoms with Gasteiger partial charge in [0.1, 0.15) is 0 Å². The smallest absolute Gasteiger partial charge is 0.258 e. The van der Waals surface area contributed by atoms with Gasteiger partial charge in [0, 0.05) is 28.1 Å². The maximum absolute atomic E-state index is 11.4. The zero-order valence-corrected chi connectivity index (χ0v) is 16.5. The molecule has 0 spiro atoms. The Hall–Kier alpha value is -3.76. The van der Waals surface area contributed by atoms with E-state index in [0.29, 0.717) is 5.02 Å². The Morgan fingerprint density at radius 3 is 2.40 bits per heavy atom. The minimum absolute atomic E-state index is 0.0609. The second-order valence-electron chi connectivity index (χ2n) is 7.05. The molecule has 5 heteroatoms. The molecule has 0 fully saturated rings. The summed E-state index contributed by atoms with van der Waals surface area (Å²) < 4.78 is 0. The normalized spacial score (nSPS) is 11.1. The van der Waals surface area contributed by atoms with E-state index in [1.54, 1.807) is 12.1 Å². The van der Waals surface area contributed by atoms with Gasteiger partial charge in [-0.25, -0.2) is 4.98 Å². The Balaban J connectivity index is 1.87. The van der Waals surface area contributed by atoms with Crippen molar-refractivity contribution in [3.63, 3.8) is 0 Å². The van der Waals surface area contributed by atoms with Crippen molar-refractivity contribution in [1.29, 1.82) is 0 Å². The first-order valence-corrected chi connectivity index (χ1v) is 9.81. The monoisotopic (exact) mass is 410 g/mol. The first-order valence-electron chi connectivity index (χ1n) is 9.43. The number of benzene rings is 4. The molecule has 4 aromatic carbocycles. The summed E-state index contributed by atoms with van der Waals surface area (Å²) in [6.45, 7) is 0. The standard InChI is InChI=1S/C25H15ClN2O2/c26-19-11-8-17(9-12-19)24-15-22(18-5-3-6-20(14-18)28(29)30)25-21-7-2-1-4-16(21)10-13-23(25)27-24/h1-15H. The molecule has 0 saturated carbocycles. The number of nitro benzene ring substituents is 1. The van der Waals surface area contributed by atoms with Gasteiger partial charge in [0.25, 0.3) is 5.69 Å². The highest BCUT2D eigenvalue weighted by Crippen LogP contribution is 2.37. The van der Waals surface area contributed by atoms with Gasteiger partial charge < -0.3 is 0 Å². The summed E-state index contributed by atoms with van der Waals surface area (Å²) in [4.78, 5) is 15.9. The molecule has 0 saturated heterocycles. The van der Waals surface area contributed by atoms with E-state index in [4.69, 9.17) is 16.6 Å². The second-order valence-corrected chi connectivity index (χ2v) is 7.49. The van der Waals surface area contributed by atoms with E-state index >= 15 is 0 Å². The summed E-state index contributed by atoms with van der Waals surface area (Å²) in [7, 11) is 0. The van der Waals surface area contributed by atoms with E-state index in [-0.39, 0.29) is 10.6 Å². The van der Waals surface area contributed by atoms with Crippen LogP contribution in [-0.2, 0) is 0 Å². The number of pyridine rings is 1. The molecular weight excluding hydrogens is 396 g/mol. The van der Waals surface area contributed by atoms with Gasteiger partial charge in [-0.05, 0) is 46.2 Å². The Labute approximate surface area is 177 Å². The largest absolute Gasteiger partial charge is 0.270 e. The Morgan fingerprint density at radius 2 is 1.60 bits per heavy atom. The molecule has 0 aliphatic heterocycles. The van der Waals surface area contributed by atoms with Crippen LogP contribution in [0.5, 0.6) is 0 Å². The summed E-state index contributed by atoms with van der Waals surface area (Å²) in [5.74, 6) is 0. The van der Waals surface area contributed by atoms with Crippen LogP contribution in [0.15, 0.2) is 91.0 Å². The molecular formula is C25H15ClN2O2. The molecule has 1 aromatic heterocycles.